The molecule has 0 saturated carbocycles. The molecule has 0 unspecified atom stereocenters. The second kappa shape index (κ2) is 5.86. The molecular formula is C15H20N. The Labute approximate surface area is 98.8 Å². The van der Waals surface area contributed by atoms with E-state index in [-0.39, 0.29) is 0 Å². The standard InChI is InChI=1S/C15H20N/c1-2-3-11-16-12-9-15(10-13-16)14-7-5-4-6-8-14/h4-9H,1-3,10-13H2. The Bertz CT molecular complexity index is 340. The summed E-state index contributed by atoms with van der Waals surface area (Å²) in [5.41, 5.74) is 2.89. The van der Waals surface area contributed by atoms with Gasteiger partial charge >= 0.3 is 0 Å². The topological polar surface area (TPSA) is 3.24 Å². The Morgan fingerprint density at radius 3 is 2.62 bits per heavy atom. The SMILES string of the molecule is [CH2]CCCN1CC=C(c2ccccc2)CC1. The number of nitrogens with zero attached hydrogens (tertiary/aromatic N) is 1. The summed E-state index contributed by atoms with van der Waals surface area (Å²) in [7, 11) is 0. The van der Waals surface area contributed by atoms with Crippen LogP contribution in [-0.4, -0.2) is 24.5 Å². The molecule has 0 aromatic heterocycles. The molecule has 1 aromatic carbocycles. The normalized spacial score (nSPS) is 17.2. The summed E-state index contributed by atoms with van der Waals surface area (Å²) in [5.74, 6) is 0. The lowest BCUT2D eigenvalue weighted by molar-refractivity contribution is 0.298. The van der Waals surface area contributed by atoms with Gasteiger partial charge in [0.25, 0.3) is 0 Å². The average molecular weight is 214 g/mol. The zero-order chi connectivity index (χ0) is 11.2. The molecule has 0 bridgehead atoms. The monoisotopic (exact) mass is 214 g/mol. The van der Waals surface area contributed by atoms with Gasteiger partial charge in [0.15, 0.2) is 0 Å². The molecule has 0 aliphatic carbocycles. The molecule has 0 N–H and O–H groups in total. The van der Waals surface area contributed by atoms with E-state index in [0.29, 0.717) is 0 Å². The van der Waals surface area contributed by atoms with Gasteiger partial charge < -0.3 is 0 Å². The van der Waals surface area contributed by atoms with E-state index < -0.39 is 0 Å². The Kier molecular flexibility index (Phi) is 4.17. The van der Waals surface area contributed by atoms with Crippen molar-refractivity contribution in [3.63, 3.8) is 0 Å². The van der Waals surface area contributed by atoms with Crippen molar-refractivity contribution >= 4 is 5.57 Å². The maximum absolute atomic E-state index is 3.89. The minimum Gasteiger partial charge on any atom is -0.299 e. The van der Waals surface area contributed by atoms with Gasteiger partial charge in [0.2, 0.25) is 0 Å². The maximum atomic E-state index is 3.89. The zero-order valence-electron chi connectivity index (χ0n) is 9.86. The highest BCUT2D eigenvalue weighted by Gasteiger charge is 2.11. The van der Waals surface area contributed by atoms with Crippen LogP contribution in [0.1, 0.15) is 24.8 Å². The fourth-order valence-corrected chi connectivity index (χ4v) is 2.16. The highest BCUT2D eigenvalue weighted by Crippen LogP contribution is 2.21. The van der Waals surface area contributed by atoms with Crippen LogP contribution >= 0.6 is 0 Å². The van der Waals surface area contributed by atoms with Crippen molar-refractivity contribution in [2.45, 2.75) is 19.3 Å². The molecule has 2 rings (SSSR count). The zero-order valence-corrected chi connectivity index (χ0v) is 9.86. The van der Waals surface area contributed by atoms with Gasteiger partial charge in [-0.2, -0.15) is 0 Å². The smallest absolute Gasteiger partial charge is 0.0169 e. The minimum atomic E-state index is 1.05. The first kappa shape index (κ1) is 11.4. The Morgan fingerprint density at radius 1 is 1.19 bits per heavy atom. The maximum Gasteiger partial charge on any atom is 0.0169 e. The third-order valence-corrected chi connectivity index (χ3v) is 3.16. The highest BCUT2D eigenvalue weighted by molar-refractivity contribution is 5.66. The van der Waals surface area contributed by atoms with Crippen molar-refractivity contribution in [1.29, 1.82) is 0 Å². The molecule has 1 heterocycles. The number of unbranched alkanes of at least 4 members (excludes halogenated alkanes) is 1. The molecular weight excluding hydrogens is 194 g/mol. The molecule has 1 aliphatic rings. The Morgan fingerprint density at radius 2 is 2.00 bits per heavy atom. The molecule has 0 amide bonds. The van der Waals surface area contributed by atoms with Crippen LogP contribution in [0.5, 0.6) is 0 Å². The molecule has 1 nitrogen and oxygen atoms in total. The first-order chi connectivity index (χ1) is 7.90. The molecule has 1 heteroatoms. The number of hydrogen-bond donors (Lipinski definition) is 0. The van der Waals surface area contributed by atoms with Crippen molar-refractivity contribution in [3.05, 3.63) is 48.9 Å². The van der Waals surface area contributed by atoms with Gasteiger partial charge in [0, 0.05) is 13.1 Å². The van der Waals surface area contributed by atoms with Crippen LogP contribution in [0.15, 0.2) is 36.4 Å². The van der Waals surface area contributed by atoms with E-state index in [2.05, 4.69) is 48.2 Å². The molecule has 0 fully saturated rings. The fourth-order valence-electron chi connectivity index (χ4n) is 2.16. The van der Waals surface area contributed by atoms with E-state index >= 15 is 0 Å². The number of hydrogen-bond acceptors (Lipinski definition) is 1. The van der Waals surface area contributed by atoms with Crippen molar-refractivity contribution in [2.75, 3.05) is 19.6 Å². The Balaban J connectivity index is 1.93. The van der Waals surface area contributed by atoms with Crippen LogP contribution < -0.4 is 0 Å². The lowest BCUT2D eigenvalue weighted by atomic mass is 9.99. The van der Waals surface area contributed by atoms with Gasteiger partial charge in [0.1, 0.15) is 0 Å². The van der Waals surface area contributed by atoms with Gasteiger partial charge in [0.05, 0.1) is 0 Å². The van der Waals surface area contributed by atoms with Crippen LogP contribution in [0.3, 0.4) is 0 Å². The Hall–Kier alpha value is -1.08. The van der Waals surface area contributed by atoms with Crippen molar-refractivity contribution in [2.24, 2.45) is 0 Å². The first-order valence-corrected chi connectivity index (χ1v) is 6.16. The molecule has 0 atom stereocenters. The van der Waals surface area contributed by atoms with E-state index in [1.54, 1.807) is 0 Å². The summed E-state index contributed by atoms with van der Waals surface area (Å²) in [6.45, 7) is 7.38. The van der Waals surface area contributed by atoms with Crippen molar-refractivity contribution < 1.29 is 0 Å². The lowest BCUT2D eigenvalue weighted by Gasteiger charge is -2.26. The second-order valence-corrected chi connectivity index (χ2v) is 4.35. The largest absolute Gasteiger partial charge is 0.299 e. The molecule has 1 aliphatic heterocycles. The van der Waals surface area contributed by atoms with E-state index in [1.165, 1.54) is 37.1 Å². The predicted molar refractivity (Wildman–Crippen MR) is 70.1 cm³/mol. The van der Waals surface area contributed by atoms with Crippen LogP contribution in [0.4, 0.5) is 0 Å². The summed E-state index contributed by atoms with van der Waals surface area (Å²) < 4.78 is 0. The van der Waals surface area contributed by atoms with Gasteiger partial charge in [-0.05, 0) is 30.5 Å². The number of benzene rings is 1. The van der Waals surface area contributed by atoms with Gasteiger partial charge in [-0.25, -0.2) is 0 Å². The predicted octanol–water partition coefficient (Wildman–Crippen LogP) is 3.39. The first-order valence-electron chi connectivity index (χ1n) is 6.16. The molecule has 0 spiro atoms. The third kappa shape index (κ3) is 2.96. The van der Waals surface area contributed by atoms with E-state index in [0.717, 1.165) is 13.0 Å². The second-order valence-electron chi connectivity index (χ2n) is 4.35. The number of rotatable bonds is 4. The fraction of sp³-hybridized carbons (Fsp3) is 0.400. The van der Waals surface area contributed by atoms with Gasteiger partial charge in [-0.1, -0.05) is 49.8 Å². The molecule has 16 heavy (non-hydrogen) atoms. The minimum absolute atomic E-state index is 1.05. The van der Waals surface area contributed by atoms with Crippen LogP contribution in [0.25, 0.3) is 5.57 Å². The van der Waals surface area contributed by atoms with Crippen molar-refractivity contribution in [1.82, 2.24) is 4.90 Å². The highest BCUT2D eigenvalue weighted by atomic mass is 15.1. The summed E-state index contributed by atoms with van der Waals surface area (Å²) in [6.07, 6.45) is 5.82. The molecule has 1 radical (unpaired) electrons. The van der Waals surface area contributed by atoms with Crippen LogP contribution in [0.2, 0.25) is 0 Å². The molecule has 0 saturated heterocycles. The van der Waals surface area contributed by atoms with Gasteiger partial charge in [-0.3, -0.25) is 4.90 Å². The molecule has 85 valence electrons. The van der Waals surface area contributed by atoms with E-state index in [9.17, 15) is 0 Å². The average Bonchev–Trinajstić information content (AvgIpc) is 2.38. The van der Waals surface area contributed by atoms with Crippen molar-refractivity contribution in [3.8, 4) is 0 Å². The van der Waals surface area contributed by atoms with Gasteiger partial charge in [-0.15, -0.1) is 0 Å². The summed E-state index contributed by atoms with van der Waals surface area (Å²) >= 11 is 0. The van der Waals surface area contributed by atoms with E-state index in [1.807, 2.05) is 0 Å². The summed E-state index contributed by atoms with van der Waals surface area (Å²) in [6, 6.07) is 10.7. The third-order valence-electron chi connectivity index (χ3n) is 3.16. The summed E-state index contributed by atoms with van der Waals surface area (Å²) in [5, 5.41) is 0. The molecule has 1 aromatic rings. The van der Waals surface area contributed by atoms with Crippen LogP contribution in [-0.2, 0) is 0 Å². The lowest BCUT2D eigenvalue weighted by Crippen LogP contribution is -2.29. The van der Waals surface area contributed by atoms with E-state index in [4.69, 9.17) is 0 Å². The van der Waals surface area contributed by atoms with Crippen LogP contribution in [0, 0.1) is 6.92 Å². The quantitative estimate of drug-likeness (QED) is 0.742. The summed E-state index contributed by atoms with van der Waals surface area (Å²) in [4.78, 5) is 2.51.